The Morgan fingerprint density at radius 3 is 2.84 bits per heavy atom. The number of hydrogen-bond donors (Lipinski definition) is 1. The molecule has 0 spiro atoms. The smallest absolute Gasteiger partial charge is 0.262 e. The van der Waals surface area contributed by atoms with Crippen molar-refractivity contribution in [1.82, 2.24) is 20.1 Å². The van der Waals surface area contributed by atoms with E-state index in [1.54, 1.807) is 0 Å². The first-order valence-corrected chi connectivity index (χ1v) is 5.33. The van der Waals surface area contributed by atoms with Crippen molar-refractivity contribution < 1.29 is 14.0 Å². The summed E-state index contributed by atoms with van der Waals surface area (Å²) < 4.78 is 17.9. The summed E-state index contributed by atoms with van der Waals surface area (Å²) in [6.45, 7) is 0. The molecule has 2 heterocycles. The van der Waals surface area contributed by atoms with Gasteiger partial charge in [0.05, 0.1) is 11.8 Å². The van der Waals surface area contributed by atoms with Gasteiger partial charge in [-0.05, 0) is 12.1 Å². The van der Waals surface area contributed by atoms with E-state index in [1.807, 2.05) is 0 Å². The second-order valence-corrected chi connectivity index (χ2v) is 3.68. The number of rotatable bonds is 2. The second kappa shape index (κ2) is 4.45. The molecule has 0 amide bonds. The van der Waals surface area contributed by atoms with Crippen LogP contribution < -0.4 is 0 Å². The fourth-order valence-corrected chi connectivity index (χ4v) is 1.54. The van der Waals surface area contributed by atoms with Crippen LogP contribution in [0.5, 0.6) is 5.75 Å². The zero-order valence-electron chi connectivity index (χ0n) is 9.49. The third kappa shape index (κ3) is 2.13. The Morgan fingerprint density at radius 1 is 1.21 bits per heavy atom. The van der Waals surface area contributed by atoms with Crippen molar-refractivity contribution in [2.24, 2.45) is 0 Å². The van der Waals surface area contributed by atoms with Crippen LogP contribution in [-0.2, 0) is 0 Å². The highest BCUT2D eigenvalue weighted by Crippen LogP contribution is 2.29. The molecule has 0 fully saturated rings. The van der Waals surface area contributed by atoms with Gasteiger partial charge in [-0.25, -0.2) is 9.37 Å². The Labute approximate surface area is 106 Å². The van der Waals surface area contributed by atoms with E-state index in [0.29, 0.717) is 5.69 Å². The third-order valence-electron chi connectivity index (χ3n) is 2.41. The van der Waals surface area contributed by atoms with Gasteiger partial charge in [-0.15, -0.1) is 0 Å². The van der Waals surface area contributed by atoms with Gasteiger partial charge in [-0.2, -0.15) is 4.98 Å². The van der Waals surface area contributed by atoms with Crippen LogP contribution in [0.15, 0.2) is 41.3 Å². The Hall–Kier alpha value is -2.83. The van der Waals surface area contributed by atoms with E-state index in [1.165, 1.54) is 30.7 Å². The normalized spacial score (nSPS) is 10.6. The van der Waals surface area contributed by atoms with E-state index in [4.69, 9.17) is 4.52 Å². The molecule has 0 aliphatic heterocycles. The quantitative estimate of drug-likeness (QED) is 0.757. The first-order chi connectivity index (χ1) is 9.24. The molecule has 0 atom stereocenters. The summed E-state index contributed by atoms with van der Waals surface area (Å²) >= 11 is 0. The highest BCUT2D eigenvalue weighted by molar-refractivity contribution is 5.63. The lowest BCUT2D eigenvalue weighted by atomic mass is 10.2. The summed E-state index contributed by atoms with van der Waals surface area (Å²) in [5.74, 6) is -0.491. The van der Waals surface area contributed by atoms with E-state index in [-0.39, 0.29) is 23.0 Å². The van der Waals surface area contributed by atoms with Crippen LogP contribution in [0.4, 0.5) is 4.39 Å². The van der Waals surface area contributed by atoms with E-state index >= 15 is 0 Å². The number of hydrogen-bond acceptors (Lipinski definition) is 6. The first-order valence-electron chi connectivity index (χ1n) is 5.33. The molecular formula is C12H7FN4O2. The summed E-state index contributed by atoms with van der Waals surface area (Å²) in [6, 6.07) is 3.53. The summed E-state index contributed by atoms with van der Waals surface area (Å²) in [5, 5.41) is 13.4. The number of phenolic OH excluding ortho intramolecular Hbond substituents is 1. The number of halogens is 1. The van der Waals surface area contributed by atoms with Gasteiger partial charge < -0.3 is 9.63 Å². The van der Waals surface area contributed by atoms with Gasteiger partial charge in [0.1, 0.15) is 17.3 Å². The molecule has 7 heteroatoms. The van der Waals surface area contributed by atoms with E-state index in [0.717, 1.165) is 6.07 Å². The monoisotopic (exact) mass is 258 g/mol. The van der Waals surface area contributed by atoms with Crippen LogP contribution in [0, 0.1) is 5.82 Å². The first kappa shape index (κ1) is 11.3. The molecule has 0 aliphatic rings. The van der Waals surface area contributed by atoms with Crippen molar-refractivity contribution in [3.05, 3.63) is 42.6 Å². The van der Waals surface area contributed by atoms with E-state index in [9.17, 15) is 9.50 Å². The molecule has 0 unspecified atom stereocenters. The fraction of sp³-hybridized carbons (Fsp3) is 0. The molecule has 0 aliphatic carbocycles. The maximum Gasteiger partial charge on any atom is 0.262 e. The van der Waals surface area contributed by atoms with Crippen LogP contribution in [0.1, 0.15) is 0 Å². The predicted octanol–water partition coefficient (Wildman–Crippen LogP) is 2.04. The highest BCUT2D eigenvalue weighted by atomic mass is 19.1. The van der Waals surface area contributed by atoms with Crippen molar-refractivity contribution in [3.63, 3.8) is 0 Å². The van der Waals surface area contributed by atoms with Crippen molar-refractivity contribution in [2.45, 2.75) is 0 Å². The maximum atomic E-state index is 12.9. The Kier molecular flexibility index (Phi) is 2.64. The number of benzene rings is 1. The van der Waals surface area contributed by atoms with Gasteiger partial charge in [0.2, 0.25) is 5.82 Å². The molecule has 0 saturated heterocycles. The van der Waals surface area contributed by atoms with Crippen molar-refractivity contribution in [2.75, 3.05) is 0 Å². The van der Waals surface area contributed by atoms with Crippen molar-refractivity contribution >= 4 is 0 Å². The summed E-state index contributed by atoms with van der Waals surface area (Å²) in [6.07, 6.45) is 4.51. The molecule has 1 aromatic carbocycles. The van der Waals surface area contributed by atoms with Gasteiger partial charge >= 0.3 is 0 Å². The second-order valence-electron chi connectivity index (χ2n) is 3.68. The van der Waals surface area contributed by atoms with E-state index < -0.39 is 5.82 Å². The summed E-state index contributed by atoms with van der Waals surface area (Å²) in [4.78, 5) is 12.0. The molecule has 94 valence electrons. The minimum Gasteiger partial charge on any atom is -0.507 e. The third-order valence-corrected chi connectivity index (χ3v) is 2.41. The molecule has 6 nitrogen and oxygen atoms in total. The molecule has 3 rings (SSSR count). The van der Waals surface area contributed by atoms with Crippen LogP contribution >= 0.6 is 0 Å². The molecule has 0 radical (unpaired) electrons. The Bertz CT molecular complexity index is 715. The minimum absolute atomic E-state index is 0.0816. The molecule has 0 bridgehead atoms. The molecular weight excluding hydrogens is 251 g/mol. The van der Waals surface area contributed by atoms with Crippen LogP contribution in [0.2, 0.25) is 0 Å². The largest absolute Gasteiger partial charge is 0.507 e. The Balaban J connectivity index is 2.02. The molecule has 3 aromatic rings. The number of phenols is 1. The highest BCUT2D eigenvalue weighted by Gasteiger charge is 2.15. The van der Waals surface area contributed by atoms with Gasteiger partial charge in [-0.3, -0.25) is 4.98 Å². The molecule has 19 heavy (non-hydrogen) atoms. The number of nitrogens with zero attached hydrogens (tertiary/aromatic N) is 4. The molecule has 0 saturated carbocycles. The predicted molar refractivity (Wildman–Crippen MR) is 62.4 cm³/mol. The van der Waals surface area contributed by atoms with Gasteiger partial charge in [0.25, 0.3) is 5.89 Å². The summed E-state index contributed by atoms with van der Waals surface area (Å²) in [7, 11) is 0. The average Bonchev–Trinajstić information content (AvgIpc) is 2.89. The zero-order chi connectivity index (χ0) is 13.2. The topological polar surface area (TPSA) is 84.9 Å². The lowest BCUT2D eigenvalue weighted by molar-refractivity contribution is 0.424. The fourth-order valence-electron chi connectivity index (χ4n) is 1.54. The SMILES string of the molecule is Oc1cc(F)ccc1-c1nc(-c2cnccn2)no1. The number of aromatic hydroxyl groups is 1. The van der Waals surface area contributed by atoms with Crippen LogP contribution in [0.3, 0.4) is 0 Å². The standard InChI is InChI=1S/C12H7FN4O2/c13-7-1-2-8(10(18)5-7)12-16-11(17-19-12)9-6-14-3-4-15-9/h1-6,18H. The average molecular weight is 258 g/mol. The summed E-state index contributed by atoms with van der Waals surface area (Å²) in [5.41, 5.74) is 0.697. The van der Waals surface area contributed by atoms with Crippen molar-refractivity contribution in [3.8, 4) is 28.7 Å². The van der Waals surface area contributed by atoms with Gasteiger partial charge in [0.15, 0.2) is 0 Å². The van der Waals surface area contributed by atoms with Crippen LogP contribution in [-0.4, -0.2) is 25.2 Å². The van der Waals surface area contributed by atoms with Gasteiger partial charge in [-0.1, -0.05) is 5.16 Å². The van der Waals surface area contributed by atoms with Gasteiger partial charge in [0, 0.05) is 18.5 Å². The number of aromatic nitrogens is 4. The molecule has 1 N–H and O–H groups in total. The van der Waals surface area contributed by atoms with E-state index in [2.05, 4.69) is 20.1 Å². The maximum absolute atomic E-state index is 12.9. The lowest BCUT2D eigenvalue weighted by Gasteiger charge is -1.98. The lowest BCUT2D eigenvalue weighted by Crippen LogP contribution is -1.86. The molecule has 2 aromatic heterocycles. The van der Waals surface area contributed by atoms with Crippen LogP contribution in [0.25, 0.3) is 23.0 Å². The zero-order valence-corrected chi connectivity index (χ0v) is 9.49. The minimum atomic E-state index is -0.546. The van der Waals surface area contributed by atoms with Crippen molar-refractivity contribution in [1.29, 1.82) is 0 Å². The Morgan fingerprint density at radius 2 is 2.11 bits per heavy atom.